The van der Waals surface area contributed by atoms with Gasteiger partial charge in [-0.05, 0) is 50.4 Å². The summed E-state index contributed by atoms with van der Waals surface area (Å²) in [6.07, 6.45) is 0. The van der Waals surface area contributed by atoms with E-state index < -0.39 is 0 Å². The van der Waals surface area contributed by atoms with Crippen LogP contribution in [0, 0.1) is 0 Å². The molecule has 2 nitrogen and oxygen atoms in total. The summed E-state index contributed by atoms with van der Waals surface area (Å²) in [7, 11) is 1.83. The van der Waals surface area contributed by atoms with Crippen molar-refractivity contribution in [1.29, 1.82) is 0 Å². The molecule has 0 aliphatic heterocycles. The molecule has 0 spiro atoms. The molecule has 0 bridgehead atoms. The quantitative estimate of drug-likeness (QED) is 0.698. The Morgan fingerprint density at radius 1 is 1.26 bits per heavy atom. The number of thiophene rings is 1. The van der Waals surface area contributed by atoms with E-state index >= 15 is 0 Å². The van der Waals surface area contributed by atoms with Crippen LogP contribution in [-0.2, 0) is 0 Å². The fraction of sp³-hybridized carbons (Fsp3) is 0.214. The van der Waals surface area contributed by atoms with Crippen LogP contribution in [-0.4, -0.2) is 17.9 Å². The zero-order valence-corrected chi connectivity index (χ0v) is 14.5. The molecule has 0 radical (unpaired) electrons. The minimum atomic E-state index is 0.0350. The van der Waals surface area contributed by atoms with Gasteiger partial charge in [0.25, 0.3) is 5.91 Å². The minimum absolute atomic E-state index is 0.0350. The highest BCUT2D eigenvalue weighted by Crippen LogP contribution is 2.33. The van der Waals surface area contributed by atoms with Crippen LogP contribution in [0.4, 0.5) is 0 Å². The van der Waals surface area contributed by atoms with E-state index in [9.17, 15) is 4.79 Å². The van der Waals surface area contributed by atoms with Crippen molar-refractivity contribution < 1.29 is 4.79 Å². The topological polar surface area (TPSA) is 20.3 Å². The Morgan fingerprint density at radius 3 is 2.42 bits per heavy atom. The van der Waals surface area contributed by atoms with E-state index in [-0.39, 0.29) is 11.9 Å². The van der Waals surface area contributed by atoms with Gasteiger partial charge in [-0.2, -0.15) is 0 Å². The summed E-state index contributed by atoms with van der Waals surface area (Å²) < 4.78 is 1.86. The normalized spacial score (nSPS) is 12.2. The van der Waals surface area contributed by atoms with Gasteiger partial charge in [-0.15, -0.1) is 11.3 Å². The van der Waals surface area contributed by atoms with Gasteiger partial charge >= 0.3 is 0 Å². The van der Waals surface area contributed by atoms with Crippen LogP contribution in [0.3, 0.4) is 0 Å². The molecule has 0 aliphatic carbocycles. The molecule has 0 fully saturated rings. The Labute approximate surface area is 133 Å². The smallest absolute Gasteiger partial charge is 0.264 e. The van der Waals surface area contributed by atoms with Crippen molar-refractivity contribution in [1.82, 2.24) is 4.90 Å². The fourth-order valence-corrected chi connectivity index (χ4v) is 3.78. The second-order valence-corrected chi connectivity index (χ2v) is 7.46. The molecule has 100 valence electrons. The predicted molar refractivity (Wildman–Crippen MR) is 86.7 cm³/mol. The summed E-state index contributed by atoms with van der Waals surface area (Å²) in [6.45, 7) is 2.03. The van der Waals surface area contributed by atoms with Crippen LogP contribution < -0.4 is 0 Å². The third-order valence-corrected chi connectivity index (χ3v) is 6.28. The van der Waals surface area contributed by atoms with E-state index in [2.05, 4.69) is 31.9 Å². The van der Waals surface area contributed by atoms with E-state index in [0.717, 1.165) is 18.7 Å². The molecule has 0 N–H and O–H groups in total. The Kier molecular flexibility index (Phi) is 4.81. The summed E-state index contributed by atoms with van der Waals surface area (Å²) in [5.41, 5.74) is 1.13. The van der Waals surface area contributed by atoms with Gasteiger partial charge in [0.05, 0.1) is 14.7 Å². The van der Waals surface area contributed by atoms with E-state index in [1.54, 1.807) is 4.90 Å². The average molecular weight is 403 g/mol. The predicted octanol–water partition coefficient (Wildman–Crippen LogP) is 5.11. The maximum atomic E-state index is 12.4. The third kappa shape index (κ3) is 3.27. The Morgan fingerprint density at radius 2 is 1.89 bits per heavy atom. The molecule has 0 aliphatic rings. The van der Waals surface area contributed by atoms with Gasteiger partial charge in [0, 0.05) is 11.5 Å². The fourth-order valence-electron chi connectivity index (χ4n) is 1.76. The van der Waals surface area contributed by atoms with E-state index in [0.29, 0.717) is 0 Å². The molecule has 0 saturated carbocycles. The Hall–Kier alpha value is -0.650. The van der Waals surface area contributed by atoms with Crippen molar-refractivity contribution >= 4 is 49.1 Å². The second kappa shape index (κ2) is 6.20. The number of nitrogens with zero attached hydrogens (tertiary/aromatic N) is 1. The molecular weight excluding hydrogens is 390 g/mol. The first kappa shape index (κ1) is 14.8. The van der Waals surface area contributed by atoms with Crippen molar-refractivity contribution in [2.24, 2.45) is 0 Å². The lowest BCUT2D eigenvalue weighted by Crippen LogP contribution is -2.29. The molecule has 1 aromatic heterocycles. The highest BCUT2D eigenvalue weighted by atomic mass is 79.9. The summed E-state index contributed by atoms with van der Waals surface area (Å²) in [4.78, 5) is 14.9. The van der Waals surface area contributed by atoms with E-state index in [4.69, 9.17) is 0 Å². The number of rotatable bonds is 3. The van der Waals surface area contributed by atoms with E-state index in [1.807, 2.05) is 50.4 Å². The largest absolute Gasteiger partial charge is 0.334 e. The van der Waals surface area contributed by atoms with Crippen molar-refractivity contribution in [2.75, 3.05) is 7.05 Å². The minimum Gasteiger partial charge on any atom is -0.334 e. The Bertz CT molecular complexity index is 563. The summed E-state index contributed by atoms with van der Waals surface area (Å²) in [6, 6.07) is 11.9. The van der Waals surface area contributed by atoms with Gasteiger partial charge in [-0.3, -0.25) is 4.79 Å². The van der Waals surface area contributed by atoms with Gasteiger partial charge < -0.3 is 4.90 Å². The number of hydrogen-bond acceptors (Lipinski definition) is 2. The second-order valence-electron chi connectivity index (χ2n) is 4.24. The van der Waals surface area contributed by atoms with Gasteiger partial charge in [0.2, 0.25) is 0 Å². The number of carbonyl (C=O) groups is 1. The lowest BCUT2D eigenvalue weighted by Gasteiger charge is -2.24. The van der Waals surface area contributed by atoms with Crippen molar-refractivity contribution in [3.63, 3.8) is 0 Å². The monoisotopic (exact) mass is 401 g/mol. The first-order valence-corrected chi connectivity index (χ1v) is 8.18. The first-order chi connectivity index (χ1) is 9.00. The lowest BCUT2D eigenvalue weighted by atomic mass is 10.1. The molecule has 0 unspecified atom stereocenters. The van der Waals surface area contributed by atoms with Crippen molar-refractivity contribution in [3.8, 4) is 0 Å². The zero-order valence-electron chi connectivity index (χ0n) is 10.6. The van der Waals surface area contributed by atoms with Crippen LogP contribution in [0.15, 0.2) is 44.7 Å². The number of carbonyl (C=O) groups excluding carboxylic acids is 1. The molecule has 2 rings (SSSR count). The van der Waals surface area contributed by atoms with Crippen LogP contribution in [0.2, 0.25) is 0 Å². The SMILES string of the molecule is C[C@H](c1ccccc1)N(C)C(=O)c1cc(Br)c(Br)s1. The van der Waals surface area contributed by atoms with Crippen molar-refractivity contribution in [3.05, 3.63) is 55.1 Å². The summed E-state index contributed by atoms with van der Waals surface area (Å²) in [5.74, 6) is 0.0350. The first-order valence-electron chi connectivity index (χ1n) is 5.77. The molecular formula is C14H13Br2NOS. The average Bonchev–Trinajstić information content (AvgIpc) is 2.77. The van der Waals surface area contributed by atoms with Gasteiger partial charge in [-0.1, -0.05) is 30.3 Å². The number of hydrogen-bond donors (Lipinski definition) is 0. The van der Waals surface area contributed by atoms with Crippen molar-refractivity contribution in [2.45, 2.75) is 13.0 Å². The van der Waals surface area contributed by atoms with Crippen LogP contribution in [0.25, 0.3) is 0 Å². The number of halogens is 2. The number of benzene rings is 1. The molecule has 2 aromatic rings. The lowest BCUT2D eigenvalue weighted by molar-refractivity contribution is 0.0747. The van der Waals surface area contributed by atoms with Crippen LogP contribution in [0.5, 0.6) is 0 Å². The van der Waals surface area contributed by atoms with Gasteiger partial charge in [0.15, 0.2) is 0 Å². The van der Waals surface area contributed by atoms with Crippen LogP contribution >= 0.6 is 43.2 Å². The zero-order chi connectivity index (χ0) is 14.0. The molecule has 1 aromatic carbocycles. The Balaban J connectivity index is 2.19. The standard InChI is InChI=1S/C14H13Br2NOS/c1-9(10-6-4-3-5-7-10)17(2)14(18)12-8-11(15)13(16)19-12/h3-9H,1-2H3/t9-/m1/s1. The maximum absolute atomic E-state index is 12.4. The summed E-state index contributed by atoms with van der Waals surface area (Å²) in [5, 5.41) is 0. The molecule has 1 amide bonds. The molecule has 1 atom stereocenters. The molecule has 1 heterocycles. The third-order valence-electron chi connectivity index (χ3n) is 3.04. The van der Waals surface area contributed by atoms with Gasteiger partial charge in [0.1, 0.15) is 0 Å². The molecule has 5 heteroatoms. The highest BCUT2D eigenvalue weighted by Gasteiger charge is 2.21. The van der Waals surface area contributed by atoms with Crippen LogP contribution in [0.1, 0.15) is 28.2 Å². The highest BCUT2D eigenvalue weighted by molar-refractivity contribution is 9.13. The van der Waals surface area contributed by atoms with E-state index in [1.165, 1.54) is 11.3 Å². The number of amides is 1. The molecule has 0 saturated heterocycles. The van der Waals surface area contributed by atoms with Gasteiger partial charge in [-0.25, -0.2) is 0 Å². The molecule has 19 heavy (non-hydrogen) atoms. The maximum Gasteiger partial charge on any atom is 0.264 e. The summed E-state index contributed by atoms with van der Waals surface area (Å²) >= 11 is 8.27.